The minimum atomic E-state index is -0.386. The summed E-state index contributed by atoms with van der Waals surface area (Å²) in [6.07, 6.45) is 1.66. The van der Waals surface area contributed by atoms with Crippen molar-refractivity contribution in [1.29, 1.82) is 0 Å². The van der Waals surface area contributed by atoms with Crippen molar-refractivity contribution >= 4 is 52.2 Å². The van der Waals surface area contributed by atoms with Crippen LogP contribution >= 0.6 is 35.0 Å². The molecule has 2 amide bonds. The Kier molecular flexibility index (Phi) is 7.11. The van der Waals surface area contributed by atoms with Crippen LogP contribution in [0.15, 0.2) is 41.3 Å². The predicted molar refractivity (Wildman–Crippen MR) is 117 cm³/mol. The van der Waals surface area contributed by atoms with Crippen molar-refractivity contribution in [2.45, 2.75) is 20.4 Å². The molecule has 5 nitrogen and oxygen atoms in total. The lowest BCUT2D eigenvalue weighted by atomic mass is 10.1. The van der Waals surface area contributed by atoms with Gasteiger partial charge in [0, 0.05) is 15.6 Å². The van der Waals surface area contributed by atoms with Crippen LogP contribution in [0.25, 0.3) is 6.08 Å². The number of hydrogen-bond acceptors (Lipinski definition) is 5. The number of halogens is 2. The van der Waals surface area contributed by atoms with Crippen LogP contribution in [-0.4, -0.2) is 29.3 Å². The first-order chi connectivity index (χ1) is 13.9. The van der Waals surface area contributed by atoms with E-state index in [2.05, 4.69) is 0 Å². The van der Waals surface area contributed by atoms with Gasteiger partial charge in [0.15, 0.2) is 11.5 Å². The van der Waals surface area contributed by atoms with Gasteiger partial charge in [-0.25, -0.2) is 0 Å². The summed E-state index contributed by atoms with van der Waals surface area (Å²) in [5.41, 5.74) is 1.28. The van der Waals surface area contributed by atoms with Gasteiger partial charge in [-0.05, 0) is 61.5 Å². The van der Waals surface area contributed by atoms with Crippen molar-refractivity contribution in [2.75, 3.05) is 13.2 Å². The summed E-state index contributed by atoms with van der Waals surface area (Å²) in [6.45, 7) is 4.80. The highest BCUT2D eigenvalue weighted by molar-refractivity contribution is 8.18. The molecule has 3 rings (SSSR count). The van der Waals surface area contributed by atoms with Crippen LogP contribution in [-0.2, 0) is 11.3 Å². The van der Waals surface area contributed by atoms with Gasteiger partial charge in [0.25, 0.3) is 11.1 Å². The Morgan fingerprint density at radius 1 is 1.00 bits per heavy atom. The van der Waals surface area contributed by atoms with Gasteiger partial charge in [-0.2, -0.15) is 0 Å². The topological polar surface area (TPSA) is 55.8 Å². The lowest BCUT2D eigenvalue weighted by molar-refractivity contribution is -0.123. The second kappa shape index (κ2) is 9.57. The minimum Gasteiger partial charge on any atom is -0.490 e. The van der Waals surface area contributed by atoms with Crippen molar-refractivity contribution < 1.29 is 19.1 Å². The molecule has 1 aliphatic heterocycles. The molecular formula is C21H19Cl2NO4S. The van der Waals surface area contributed by atoms with E-state index in [4.69, 9.17) is 32.7 Å². The molecule has 1 heterocycles. The molecule has 1 aliphatic rings. The van der Waals surface area contributed by atoms with E-state index in [1.165, 1.54) is 0 Å². The van der Waals surface area contributed by atoms with E-state index in [-0.39, 0.29) is 17.7 Å². The normalized spacial score (nSPS) is 15.3. The Labute approximate surface area is 183 Å². The first-order valence-corrected chi connectivity index (χ1v) is 10.6. The maximum Gasteiger partial charge on any atom is 0.293 e. The summed E-state index contributed by atoms with van der Waals surface area (Å²) in [6, 6.07) is 10.4. The largest absolute Gasteiger partial charge is 0.490 e. The van der Waals surface area contributed by atoms with Crippen LogP contribution in [0.3, 0.4) is 0 Å². The number of rotatable bonds is 7. The number of ether oxygens (including phenoxy) is 2. The van der Waals surface area contributed by atoms with Crippen LogP contribution < -0.4 is 9.47 Å². The number of hydrogen-bond donors (Lipinski definition) is 0. The second-order valence-corrected chi connectivity index (χ2v) is 7.85. The summed E-state index contributed by atoms with van der Waals surface area (Å²) in [7, 11) is 0. The average Bonchev–Trinajstić information content (AvgIpc) is 2.94. The zero-order chi connectivity index (χ0) is 21.0. The Balaban J connectivity index is 1.85. The van der Waals surface area contributed by atoms with E-state index in [1.54, 1.807) is 36.4 Å². The van der Waals surface area contributed by atoms with Crippen LogP contribution in [0.4, 0.5) is 4.79 Å². The number of amides is 2. The molecule has 0 N–H and O–H groups in total. The van der Waals surface area contributed by atoms with Gasteiger partial charge in [0.2, 0.25) is 0 Å². The zero-order valence-corrected chi connectivity index (χ0v) is 18.2. The van der Waals surface area contributed by atoms with E-state index >= 15 is 0 Å². The number of carbonyl (C=O) groups excluding carboxylic acids is 2. The van der Waals surface area contributed by atoms with Crippen LogP contribution in [0.2, 0.25) is 10.0 Å². The first-order valence-electron chi connectivity index (χ1n) is 9.02. The quantitative estimate of drug-likeness (QED) is 0.481. The lowest BCUT2D eigenvalue weighted by Gasteiger charge is -2.14. The molecule has 2 aromatic rings. The number of imide groups is 1. The summed E-state index contributed by atoms with van der Waals surface area (Å²) in [4.78, 5) is 26.7. The maximum absolute atomic E-state index is 12.8. The smallest absolute Gasteiger partial charge is 0.293 e. The van der Waals surface area contributed by atoms with Crippen LogP contribution in [0, 0.1) is 0 Å². The predicted octanol–water partition coefficient (Wildman–Crippen LogP) is 6.03. The molecule has 0 unspecified atom stereocenters. The fourth-order valence-electron chi connectivity index (χ4n) is 2.79. The molecule has 29 heavy (non-hydrogen) atoms. The third-order valence-corrected chi connectivity index (χ3v) is 5.73. The lowest BCUT2D eigenvalue weighted by Crippen LogP contribution is -2.27. The van der Waals surface area contributed by atoms with Crippen molar-refractivity contribution in [3.8, 4) is 11.5 Å². The second-order valence-electron chi connectivity index (χ2n) is 6.04. The summed E-state index contributed by atoms with van der Waals surface area (Å²) >= 11 is 13.2. The number of benzene rings is 2. The van der Waals surface area contributed by atoms with Gasteiger partial charge in [0.1, 0.15) is 0 Å². The summed E-state index contributed by atoms with van der Waals surface area (Å²) in [5.74, 6) is 0.834. The van der Waals surface area contributed by atoms with Crippen molar-refractivity contribution in [3.05, 3.63) is 62.5 Å². The molecule has 0 radical (unpaired) electrons. The van der Waals surface area contributed by atoms with E-state index in [0.717, 1.165) is 22.2 Å². The van der Waals surface area contributed by atoms with Gasteiger partial charge in [0.05, 0.1) is 24.7 Å². The van der Waals surface area contributed by atoms with Crippen LogP contribution in [0.5, 0.6) is 11.5 Å². The molecule has 2 aromatic carbocycles. The number of carbonyl (C=O) groups is 2. The molecular weight excluding hydrogens is 433 g/mol. The van der Waals surface area contributed by atoms with Crippen molar-refractivity contribution in [2.24, 2.45) is 0 Å². The van der Waals surface area contributed by atoms with E-state index in [9.17, 15) is 9.59 Å². The summed E-state index contributed by atoms with van der Waals surface area (Å²) < 4.78 is 11.2. The van der Waals surface area contributed by atoms with Gasteiger partial charge < -0.3 is 9.47 Å². The molecule has 8 heteroatoms. The van der Waals surface area contributed by atoms with Gasteiger partial charge in [-0.3, -0.25) is 14.5 Å². The van der Waals surface area contributed by atoms with Gasteiger partial charge >= 0.3 is 0 Å². The molecule has 0 spiro atoms. The van der Waals surface area contributed by atoms with E-state index < -0.39 is 0 Å². The molecule has 0 bridgehead atoms. The van der Waals surface area contributed by atoms with Gasteiger partial charge in [-0.15, -0.1) is 0 Å². The Bertz CT molecular complexity index is 957. The Hall–Kier alpha value is -2.15. The molecule has 0 aromatic heterocycles. The first kappa shape index (κ1) is 21.6. The molecule has 0 aliphatic carbocycles. The zero-order valence-electron chi connectivity index (χ0n) is 15.9. The van der Waals surface area contributed by atoms with E-state index in [0.29, 0.717) is 45.2 Å². The SMILES string of the molecule is CCOc1ccc(/C=C2\SC(=O)N(Cc3c(Cl)cccc3Cl)C2=O)cc1OCC. The third kappa shape index (κ3) is 4.89. The molecule has 1 saturated heterocycles. The van der Waals surface area contributed by atoms with Gasteiger partial charge in [-0.1, -0.05) is 35.3 Å². The highest BCUT2D eigenvalue weighted by Gasteiger charge is 2.35. The van der Waals surface area contributed by atoms with Crippen LogP contribution in [0.1, 0.15) is 25.0 Å². The number of nitrogens with zero attached hydrogens (tertiary/aromatic N) is 1. The molecule has 152 valence electrons. The van der Waals surface area contributed by atoms with Crippen molar-refractivity contribution in [1.82, 2.24) is 4.90 Å². The molecule has 1 fully saturated rings. The average molecular weight is 452 g/mol. The monoisotopic (exact) mass is 451 g/mol. The minimum absolute atomic E-state index is 0.0218. The summed E-state index contributed by atoms with van der Waals surface area (Å²) in [5, 5.41) is 0.454. The Morgan fingerprint density at radius 2 is 1.66 bits per heavy atom. The fourth-order valence-corrected chi connectivity index (χ4v) is 4.14. The Morgan fingerprint density at radius 3 is 2.31 bits per heavy atom. The standard InChI is InChI=1S/C21H19Cl2NO4S/c1-3-27-17-9-8-13(10-18(17)28-4-2)11-19-20(25)24(21(26)29-19)12-14-15(22)6-5-7-16(14)23/h5-11H,3-4,12H2,1-2H3/b19-11-. The molecule has 0 saturated carbocycles. The van der Waals surface area contributed by atoms with E-state index in [1.807, 2.05) is 19.9 Å². The highest BCUT2D eigenvalue weighted by atomic mass is 35.5. The third-order valence-electron chi connectivity index (χ3n) is 4.12. The fraction of sp³-hybridized carbons (Fsp3) is 0.238. The van der Waals surface area contributed by atoms with Crippen molar-refractivity contribution in [3.63, 3.8) is 0 Å². The maximum atomic E-state index is 12.8. The molecule has 0 atom stereocenters. The highest BCUT2D eigenvalue weighted by Crippen LogP contribution is 2.37. The number of thioether (sulfide) groups is 1.